The molecular formula is C20H23N3O5S. The van der Waals surface area contributed by atoms with Crippen LogP contribution in [0.15, 0.2) is 66.1 Å². The van der Waals surface area contributed by atoms with Crippen LogP contribution in [0.25, 0.3) is 0 Å². The summed E-state index contributed by atoms with van der Waals surface area (Å²) in [4.78, 5) is 26.0. The van der Waals surface area contributed by atoms with E-state index in [0.29, 0.717) is 11.4 Å². The summed E-state index contributed by atoms with van der Waals surface area (Å²) in [5.41, 5.74) is 0.726. The summed E-state index contributed by atoms with van der Waals surface area (Å²) < 4.78 is 31.8. The number of ether oxygens (including phenoxy) is 1. The van der Waals surface area contributed by atoms with E-state index in [-0.39, 0.29) is 29.5 Å². The minimum atomic E-state index is -3.76. The van der Waals surface area contributed by atoms with E-state index in [2.05, 4.69) is 16.6 Å². The molecule has 8 nitrogen and oxygen atoms in total. The molecule has 0 saturated heterocycles. The largest absolute Gasteiger partial charge is 0.497 e. The molecule has 0 unspecified atom stereocenters. The fraction of sp³-hybridized carbons (Fsp3) is 0.200. The number of hydrogen-bond donors (Lipinski definition) is 2. The van der Waals surface area contributed by atoms with Crippen molar-refractivity contribution >= 4 is 27.5 Å². The summed E-state index contributed by atoms with van der Waals surface area (Å²) in [6.07, 6.45) is 1.42. The van der Waals surface area contributed by atoms with E-state index < -0.39 is 15.9 Å². The zero-order chi connectivity index (χ0) is 21.4. The van der Waals surface area contributed by atoms with Crippen LogP contribution in [0.5, 0.6) is 5.75 Å². The highest BCUT2D eigenvalue weighted by atomic mass is 32.2. The molecule has 0 aliphatic rings. The van der Waals surface area contributed by atoms with Gasteiger partial charge in [-0.3, -0.25) is 9.59 Å². The minimum absolute atomic E-state index is 0.0405. The standard InChI is InChI=1S/C20H23N3O5S/c1-4-12-21-29(26,27)18-7-5-6-15(13-18)20(25)23(2)14-19(24)22-16-8-10-17(28-3)11-9-16/h4-11,13,21H,1,12,14H2,2-3H3,(H,22,24). The molecule has 0 spiro atoms. The van der Waals surface area contributed by atoms with E-state index in [1.807, 2.05) is 0 Å². The predicted octanol–water partition coefficient (Wildman–Crippen LogP) is 1.87. The molecule has 0 saturated carbocycles. The summed E-state index contributed by atoms with van der Waals surface area (Å²) in [7, 11) is -0.744. The van der Waals surface area contributed by atoms with Crippen molar-refractivity contribution in [3.05, 3.63) is 66.7 Å². The molecule has 0 aliphatic heterocycles. The van der Waals surface area contributed by atoms with E-state index in [1.54, 1.807) is 31.4 Å². The van der Waals surface area contributed by atoms with E-state index in [4.69, 9.17) is 4.74 Å². The molecule has 0 aromatic heterocycles. The number of nitrogens with zero attached hydrogens (tertiary/aromatic N) is 1. The number of methoxy groups -OCH3 is 1. The molecule has 2 amide bonds. The second kappa shape index (κ2) is 9.85. The number of sulfonamides is 1. The lowest BCUT2D eigenvalue weighted by Crippen LogP contribution is -2.35. The fourth-order valence-electron chi connectivity index (χ4n) is 2.43. The third-order valence-electron chi connectivity index (χ3n) is 3.91. The Labute approximate surface area is 170 Å². The molecule has 29 heavy (non-hydrogen) atoms. The number of amides is 2. The third-order valence-corrected chi connectivity index (χ3v) is 5.33. The number of nitrogens with one attached hydrogen (secondary N) is 2. The molecule has 2 aromatic carbocycles. The summed E-state index contributed by atoms with van der Waals surface area (Å²) in [6, 6.07) is 12.4. The van der Waals surface area contributed by atoms with Crippen molar-refractivity contribution in [1.82, 2.24) is 9.62 Å². The van der Waals surface area contributed by atoms with Gasteiger partial charge in [0.05, 0.1) is 18.6 Å². The molecule has 0 fully saturated rings. The Kier molecular flexibility index (Phi) is 7.52. The van der Waals surface area contributed by atoms with Crippen LogP contribution >= 0.6 is 0 Å². The molecule has 154 valence electrons. The first kappa shape index (κ1) is 22.1. The number of likely N-dealkylation sites (N-methyl/N-ethyl adjacent to an activating group) is 1. The maximum Gasteiger partial charge on any atom is 0.254 e. The second-order valence-electron chi connectivity index (χ2n) is 6.11. The smallest absolute Gasteiger partial charge is 0.254 e. The summed E-state index contributed by atoms with van der Waals surface area (Å²) in [5, 5.41) is 2.69. The van der Waals surface area contributed by atoms with Gasteiger partial charge in [0.25, 0.3) is 5.91 Å². The van der Waals surface area contributed by atoms with E-state index in [9.17, 15) is 18.0 Å². The monoisotopic (exact) mass is 417 g/mol. The van der Waals surface area contributed by atoms with Gasteiger partial charge >= 0.3 is 0 Å². The lowest BCUT2D eigenvalue weighted by molar-refractivity contribution is -0.116. The van der Waals surface area contributed by atoms with Crippen LogP contribution in [-0.2, 0) is 14.8 Å². The molecular weight excluding hydrogens is 394 g/mol. The highest BCUT2D eigenvalue weighted by Crippen LogP contribution is 2.16. The summed E-state index contributed by atoms with van der Waals surface area (Å²) >= 11 is 0. The van der Waals surface area contributed by atoms with Gasteiger partial charge in [-0.1, -0.05) is 12.1 Å². The Hall–Kier alpha value is -3.17. The highest BCUT2D eigenvalue weighted by Gasteiger charge is 2.19. The van der Waals surface area contributed by atoms with E-state index in [0.717, 1.165) is 0 Å². The molecule has 0 bridgehead atoms. The predicted molar refractivity (Wildman–Crippen MR) is 110 cm³/mol. The number of carbonyl (C=O) groups is 2. The van der Waals surface area contributed by atoms with Crippen LogP contribution in [0.4, 0.5) is 5.69 Å². The van der Waals surface area contributed by atoms with Gasteiger partial charge < -0.3 is 15.0 Å². The molecule has 2 aromatic rings. The maximum absolute atomic E-state index is 12.6. The van der Waals surface area contributed by atoms with Crippen LogP contribution in [0, 0.1) is 0 Å². The number of rotatable bonds is 9. The zero-order valence-electron chi connectivity index (χ0n) is 16.2. The quantitative estimate of drug-likeness (QED) is 0.606. The third kappa shape index (κ3) is 6.16. The number of carbonyl (C=O) groups excluding carboxylic acids is 2. The van der Waals surface area contributed by atoms with Gasteiger partial charge in [0.15, 0.2) is 0 Å². The Morgan fingerprint density at radius 1 is 1.17 bits per heavy atom. The average molecular weight is 417 g/mol. The van der Waals surface area contributed by atoms with Gasteiger partial charge in [-0.2, -0.15) is 0 Å². The van der Waals surface area contributed by atoms with Gasteiger partial charge in [-0.25, -0.2) is 13.1 Å². The van der Waals surface area contributed by atoms with Crippen molar-refractivity contribution in [3.63, 3.8) is 0 Å². The van der Waals surface area contributed by atoms with Gasteiger partial charge in [-0.05, 0) is 42.5 Å². The summed E-state index contributed by atoms with van der Waals surface area (Å²) in [6.45, 7) is 3.34. The van der Waals surface area contributed by atoms with E-state index >= 15 is 0 Å². The lowest BCUT2D eigenvalue weighted by Gasteiger charge is -2.17. The molecule has 0 radical (unpaired) electrons. The van der Waals surface area contributed by atoms with Crippen molar-refractivity contribution < 1.29 is 22.7 Å². The molecule has 0 heterocycles. The molecule has 0 atom stereocenters. The van der Waals surface area contributed by atoms with Gasteiger partial charge in [-0.15, -0.1) is 6.58 Å². The van der Waals surface area contributed by atoms with Crippen molar-refractivity contribution in [3.8, 4) is 5.75 Å². The van der Waals surface area contributed by atoms with Crippen LogP contribution in [-0.4, -0.2) is 52.4 Å². The first-order chi connectivity index (χ1) is 13.8. The van der Waals surface area contributed by atoms with Crippen LogP contribution in [0.1, 0.15) is 10.4 Å². The first-order valence-electron chi connectivity index (χ1n) is 8.67. The lowest BCUT2D eigenvalue weighted by atomic mass is 10.2. The number of hydrogen-bond acceptors (Lipinski definition) is 5. The normalized spacial score (nSPS) is 10.8. The number of anilines is 1. The fourth-order valence-corrected chi connectivity index (χ4v) is 3.47. The highest BCUT2D eigenvalue weighted by molar-refractivity contribution is 7.89. The van der Waals surface area contributed by atoms with Gasteiger partial charge in [0.1, 0.15) is 5.75 Å². The molecule has 9 heteroatoms. The summed E-state index contributed by atoms with van der Waals surface area (Å²) in [5.74, 6) is -0.203. The molecule has 2 rings (SSSR count). The topological polar surface area (TPSA) is 105 Å². The second-order valence-corrected chi connectivity index (χ2v) is 7.87. The first-order valence-corrected chi connectivity index (χ1v) is 10.1. The number of benzene rings is 2. The average Bonchev–Trinajstić information content (AvgIpc) is 2.72. The Morgan fingerprint density at radius 3 is 2.48 bits per heavy atom. The van der Waals surface area contributed by atoms with E-state index in [1.165, 1.54) is 42.3 Å². The Balaban J connectivity index is 2.04. The van der Waals surface area contributed by atoms with Gasteiger partial charge in [0.2, 0.25) is 15.9 Å². The van der Waals surface area contributed by atoms with Crippen LogP contribution in [0.2, 0.25) is 0 Å². The molecule has 2 N–H and O–H groups in total. The van der Waals surface area contributed by atoms with Crippen molar-refractivity contribution in [2.75, 3.05) is 32.6 Å². The zero-order valence-corrected chi connectivity index (χ0v) is 17.0. The maximum atomic E-state index is 12.6. The van der Waals surface area contributed by atoms with Crippen molar-refractivity contribution in [1.29, 1.82) is 0 Å². The van der Waals surface area contributed by atoms with Crippen molar-refractivity contribution in [2.24, 2.45) is 0 Å². The van der Waals surface area contributed by atoms with Crippen LogP contribution in [0.3, 0.4) is 0 Å². The van der Waals surface area contributed by atoms with Crippen molar-refractivity contribution in [2.45, 2.75) is 4.90 Å². The molecule has 0 aliphatic carbocycles. The Bertz CT molecular complexity index is 987. The SMILES string of the molecule is C=CCNS(=O)(=O)c1cccc(C(=O)N(C)CC(=O)Nc2ccc(OC)cc2)c1. The van der Waals surface area contributed by atoms with Gasteiger partial charge in [0, 0.05) is 24.8 Å². The Morgan fingerprint density at radius 2 is 1.86 bits per heavy atom. The minimum Gasteiger partial charge on any atom is -0.497 e. The van der Waals surface area contributed by atoms with Crippen LogP contribution < -0.4 is 14.8 Å².